The summed E-state index contributed by atoms with van der Waals surface area (Å²) < 4.78 is 75.5. The topological polar surface area (TPSA) is 161 Å². The molecule has 4 N–H and O–H groups in total. The van der Waals surface area contributed by atoms with Gasteiger partial charge in [0.05, 0.1) is 4.91 Å². The monoisotopic (exact) mass is 372 g/mol. The number of halogens is 1. The van der Waals surface area contributed by atoms with Gasteiger partial charge in [0.2, 0.25) is 0 Å². The van der Waals surface area contributed by atoms with Crippen LogP contribution < -0.4 is 5.73 Å². The van der Waals surface area contributed by atoms with Crippen LogP contribution in [0.4, 0.5) is 4.39 Å². The Kier molecular flexibility index (Phi) is 6.26. The van der Waals surface area contributed by atoms with Crippen LogP contribution in [-0.4, -0.2) is 42.4 Å². The van der Waals surface area contributed by atoms with Gasteiger partial charge < -0.3 is 10.9 Å². The first-order valence-electron chi connectivity index (χ1n) is 5.80. The van der Waals surface area contributed by atoms with Gasteiger partial charge >= 0.3 is 10.1 Å². The van der Waals surface area contributed by atoms with E-state index in [-0.39, 0.29) is 10.8 Å². The van der Waals surface area contributed by atoms with E-state index in [1.165, 1.54) is 20.8 Å². The van der Waals surface area contributed by atoms with Gasteiger partial charge in [-0.15, -0.1) is 0 Å². The van der Waals surface area contributed by atoms with Gasteiger partial charge in [-0.2, -0.15) is 16.8 Å². The molecule has 0 amide bonds. The van der Waals surface area contributed by atoms with Gasteiger partial charge in [0, 0.05) is 20.8 Å². The zero-order chi connectivity index (χ0) is 18.8. The molecule has 132 valence electrons. The molecule has 0 aliphatic rings. The number of rotatable bonds is 5. The van der Waals surface area contributed by atoms with Gasteiger partial charge in [0.25, 0.3) is 10.1 Å². The lowest BCUT2D eigenvalue weighted by atomic mass is 10.1. The third-order valence-electron chi connectivity index (χ3n) is 2.33. The van der Waals surface area contributed by atoms with Crippen LogP contribution in [0.1, 0.15) is 20.8 Å². The van der Waals surface area contributed by atoms with Gasteiger partial charge in [-0.05, 0) is 6.08 Å². The highest BCUT2D eigenvalue weighted by Gasteiger charge is 2.25. The van der Waals surface area contributed by atoms with Crippen molar-refractivity contribution in [1.29, 1.82) is 0 Å². The molecule has 0 aliphatic carbocycles. The van der Waals surface area contributed by atoms with Crippen molar-refractivity contribution in [3.05, 3.63) is 39.2 Å². The molecule has 0 radical (unpaired) electrons. The average Bonchev–Trinajstić information content (AvgIpc) is 2.30. The number of hydrogen-bond donors (Lipinski definition) is 3. The number of hydrogen-bond acceptors (Lipinski definition) is 6. The molecule has 0 saturated heterocycles. The maximum absolute atomic E-state index is 14.1. The maximum Gasteiger partial charge on any atom is 0.310 e. The summed E-state index contributed by atoms with van der Waals surface area (Å²) in [6.07, 6.45) is 0.571. The highest BCUT2D eigenvalue weighted by atomic mass is 32.2. The third kappa shape index (κ3) is 6.48. The van der Waals surface area contributed by atoms with E-state index < -0.39 is 47.1 Å². The molecule has 0 atom stereocenters. The zero-order valence-electron chi connectivity index (χ0n) is 12.5. The maximum atomic E-state index is 14.1. The summed E-state index contributed by atoms with van der Waals surface area (Å²) in [6.45, 7) is 7.10. The Morgan fingerprint density at radius 1 is 1.22 bits per heavy atom. The van der Waals surface area contributed by atoms with Gasteiger partial charge in [0.1, 0.15) is 11.4 Å². The third-order valence-corrected chi connectivity index (χ3v) is 3.88. The fourth-order valence-corrected chi connectivity index (χ4v) is 1.67. The van der Waals surface area contributed by atoms with Crippen LogP contribution >= 0.6 is 0 Å². The standard InChI is InChI=1S/C11H17FN2O7S2/c1-7(22(16,17)18)5-9(12)8(10(13)23(19,20)21)6-14(15)11(2,3)4/h5-6H,1,13H2,2-4H3,(H,16,17,18)(H,19,20,21)/b9-5+,10-8?,14-6-. The predicted molar refractivity (Wildman–Crippen MR) is 82.1 cm³/mol. The molecule has 0 saturated carbocycles. The van der Waals surface area contributed by atoms with Crippen LogP contribution in [0.3, 0.4) is 0 Å². The lowest BCUT2D eigenvalue weighted by Gasteiger charge is -2.19. The lowest BCUT2D eigenvalue weighted by molar-refractivity contribution is -0.530. The van der Waals surface area contributed by atoms with Crippen LogP contribution in [0, 0.1) is 5.21 Å². The van der Waals surface area contributed by atoms with Gasteiger partial charge in [-0.25, -0.2) is 9.13 Å². The molecule has 0 unspecified atom stereocenters. The number of nitrogens with zero attached hydrogens (tertiary/aromatic N) is 1. The summed E-state index contributed by atoms with van der Waals surface area (Å²) in [5, 5.41) is 10.4. The molecule has 12 heteroatoms. The van der Waals surface area contributed by atoms with E-state index in [1.54, 1.807) is 0 Å². The first-order valence-corrected chi connectivity index (χ1v) is 8.68. The average molecular weight is 372 g/mol. The number of nitrogens with two attached hydrogens (primary N) is 1. The Morgan fingerprint density at radius 2 is 1.65 bits per heavy atom. The molecule has 0 rings (SSSR count). The Hall–Kier alpha value is -1.76. The van der Waals surface area contributed by atoms with E-state index in [9.17, 15) is 26.4 Å². The van der Waals surface area contributed by atoms with E-state index in [1.807, 2.05) is 0 Å². The van der Waals surface area contributed by atoms with Crippen LogP contribution in [0.2, 0.25) is 0 Å². The lowest BCUT2D eigenvalue weighted by Crippen LogP contribution is -2.30. The van der Waals surface area contributed by atoms with Crippen molar-refractivity contribution < 1.29 is 35.1 Å². The summed E-state index contributed by atoms with van der Waals surface area (Å²) >= 11 is 0. The summed E-state index contributed by atoms with van der Waals surface area (Å²) in [5.74, 6) is -1.62. The second-order valence-electron chi connectivity index (χ2n) is 5.31. The Labute approximate surface area is 133 Å². The largest absolute Gasteiger partial charge is 0.623 e. The molecular weight excluding hydrogens is 355 g/mol. The molecule has 23 heavy (non-hydrogen) atoms. The molecule has 0 bridgehead atoms. The predicted octanol–water partition coefficient (Wildman–Crippen LogP) is 0.679. The Balaban J connectivity index is 6.46. The van der Waals surface area contributed by atoms with Gasteiger partial charge in [0.15, 0.2) is 16.8 Å². The van der Waals surface area contributed by atoms with Crippen molar-refractivity contribution >= 4 is 26.5 Å². The minimum atomic E-state index is -5.07. The normalized spacial score (nSPS) is 16.1. The molecule has 0 aromatic rings. The molecule has 0 aliphatic heterocycles. The zero-order valence-corrected chi connectivity index (χ0v) is 14.1. The van der Waals surface area contributed by atoms with E-state index in [0.29, 0.717) is 6.21 Å². The molecular formula is C11H17FN2O7S2. The summed E-state index contributed by atoms with van der Waals surface area (Å²) in [5.41, 5.74) is 2.88. The first kappa shape index (κ1) is 21.2. The molecule has 0 heterocycles. The quantitative estimate of drug-likeness (QED) is 0.158. The van der Waals surface area contributed by atoms with Crippen molar-refractivity contribution in [2.75, 3.05) is 0 Å². The Morgan fingerprint density at radius 3 is 1.96 bits per heavy atom. The summed E-state index contributed by atoms with van der Waals surface area (Å²) in [6, 6.07) is 0. The van der Waals surface area contributed by atoms with Crippen LogP contribution in [0.25, 0.3) is 0 Å². The molecule has 0 aromatic carbocycles. The minimum Gasteiger partial charge on any atom is -0.623 e. The Bertz CT molecular complexity index is 800. The van der Waals surface area contributed by atoms with Crippen molar-refractivity contribution in [1.82, 2.24) is 0 Å². The van der Waals surface area contributed by atoms with Gasteiger partial charge in [-0.3, -0.25) is 9.11 Å². The highest BCUT2D eigenvalue weighted by Crippen LogP contribution is 2.19. The fourth-order valence-electron chi connectivity index (χ4n) is 0.986. The van der Waals surface area contributed by atoms with E-state index in [4.69, 9.17) is 14.8 Å². The van der Waals surface area contributed by atoms with Crippen molar-refractivity contribution in [3.8, 4) is 0 Å². The summed E-state index contributed by atoms with van der Waals surface area (Å²) in [4.78, 5) is -1.11. The fraction of sp³-hybridized carbons (Fsp3) is 0.364. The van der Waals surface area contributed by atoms with Crippen LogP contribution in [0.5, 0.6) is 0 Å². The SMILES string of the molecule is C=C(/C=C(/F)C(/C=[N+](\[O-])C(C)(C)C)=C(N)S(=O)(=O)O)S(=O)(=O)O. The van der Waals surface area contributed by atoms with E-state index in [2.05, 4.69) is 6.58 Å². The van der Waals surface area contributed by atoms with E-state index >= 15 is 0 Å². The molecule has 0 aromatic heterocycles. The molecule has 0 fully saturated rings. The highest BCUT2D eigenvalue weighted by molar-refractivity contribution is 7.90. The van der Waals surface area contributed by atoms with Crippen molar-refractivity contribution in [2.45, 2.75) is 26.3 Å². The minimum absolute atomic E-state index is 0.143. The first-order chi connectivity index (χ1) is 9.98. The van der Waals surface area contributed by atoms with Crippen LogP contribution in [-0.2, 0) is 20.2 Å². The second kappa shape index (κ2) is 6.78. The number of hydroxylamine groups is 1. The molecule has 0 spiro atoms. The van der Waals surface area contributed by atoms with Gasteiger partial charge in [-0.1, -0.05) is 6.58 Å². The number of allylic oxidation sites excluding steroid dienone is 3. The van der Waals surface area contributed by atoms with Crippen LogP contribution in [0.15, 0.2) is 34.0 Å². The van der Waals surface area contributed by atoms with E-state index in [0.717, 1.165) is 0 Å². The van der Waals surface area contributed by atoms with Crippen molar-refractivity contribution in [3.63, 3.8) is 0 Å². The molecule has 9 nitrogen and oxygen atoms in total. The van der Waals surface area contributed by atoms with Crippen molar-refractivity contribution in [2.24, 2.45) is 5.73 Å². The summed E-state index contributed by atoms with van der Waals surface area (Å²) in [7, 11) is -9.91. The second-order valence-corrected chi connectivity index (χ2v) is 8.18. The smallest absolute Gasteiger partial charge is 0.310 e.